The maximum absolute atomic E-state index is 12.2. The third-order valence-electron chi connectivity index (χ3n) is 3.24. The molecule has 1 fully saturated rings. The van der Waals surface area contributed by atoms with Gasteiger partial charge >= 0.3 is 18.1 Å². The van der Waals surface area contributed by atoms with E-state index in [1.54, 1.807) is 20.8 Å². The molecule has 1 aliphatic heterocycles. The second-order valence-electron chi connectivity index (χ2n) is 6.46. The molecule has 0 saturated carbocycles. The number of carboxylic acid groups (broad SMARTS) is 1. The molecule has 1 aliphatic rings. The molecule has 0 aromatic carbocycles. The number of nitrogens with zero attached hydrogens (tertiary/aromatic N) is 3. The lowest BCUT2D eigenvalue weighted by Crippen LogP contribution is -2.53. The highest BCUT2D eigenvalue weighted by molar-refractivity contribution is 5.95. The van der Waals surface area contributed by atoms with Gasteiger partial charge in [-0.3, -0.25) is 19.4 Å². The van der Waals surface area contributed by atoms with Crippen molar-refractivity contribution in [2.75, 3.05) is 24.5 Å². The second kappa shape index (κ2) is 6.90. The molecular weight excluding hydrogens is 318 g/mol. The molecule has 2 heterocycles. The minimum absolute atomic E-state index is 0.0632. The van der Waals surface area contributed by atoms with Crippen molar-refractivity contribution in [2.45, 2.75) is 39.2 Å². The van der Waals surface area contributed by atoms with Crippen LogP contribution >= 0.6 is 0 Å². The van der Waals surface area contributed by atoms with Gasteiger partial charge in [-0.25, -0.2) is 4.79 Å². The number of anilines is 1. The Morgan fingerprint density at radius 3 is 2.67 bits per heavy atom. The lowest BCUT2D eigenvalue weighted by atomic mass is 10.2. The first-order valence-corrected chi connectivity index (χ1v) is 7.60. The summed E-state index contributed by atoms with van der Waals surface area (Å²) in [7, 11) is 0. The number of rotatable bonds is 4. The van der Waals surface area contributed by atoms with Gasteiger partial charge in [-0.05, 0) is 20.8 Å². The SMILES string of the molecule is CC(C)(C)OC(=O)N1CCN(c2nc(CCC(=O)O)co2)C(=O)C1. The van der Waals surface area contributed by atoms with Gasteiger partial charge in [0, 0.05) is 19.5 Å². The van der Waals surface area contributed by atoms with Crippen LogP contribution in [0.2, 0.25) is 0 Å². The van der Waals surface area contributed by atoms with Crippen LogP contribution in [-0.2, 0) is 20.7 Å². The molecule has 0 spiro atoms. The van der Waals surface area contributed by atoms with E-state index >= 15 is 0 Å². The molecule has 1 aromatic heterocycles. The molecule has 24 heavy (non-hydrogen) atoms. The van der Waals surface area contributed by atoms with Crippen LogP contribution in [0.4, 0.5) is 10.8 Å². The maximum Gasteiger partial charge on any atom is 0.410 e. The highest BCUT2D eigenvalue weighted by Gasteiger charge is 2.32. The van der Waals surface area contributed by atoms with Crippen LogP contribution in [-0.4, -0.2) is 58.2 Å². The van der Waals surface area contributed by atoms with Gasteiger partial charge in [0.2, 0.25) is 5.91 Å². The zero-order valence-electron chi connectivity index (χ0n) is 13.9. The standard InChI is InChI=1S/C15H21N3O6/c1-15(2,3)24-14(22)17-6-7-18(11(19)8-17)13-16-10(9-23-13)4-5-12(20)21/h9H,4-8H2,1-3H3,(H,20,21). The minimum atomic E-state index is -0.929. The quantitative estimate of drug-likeness (QED) is 0.879. The number of aromatic nitrogens is 1. The van der Waals surface area contributed by atoms with E-state index in [9.17, 15) is 14.4 Å². The Balaban J connectivity index is 1.95. The van der Waals surface area contributed by atoms with E-state index in [-0.39, 0.29) is 37.9 Å². The summed E-state index contributed by atoms with van der Waals surface area (Å²) in [6, 6.07) is 0.115. The third-order valence-corrected chi connectivity index (χ3v) is 3.24. The number of hydrogen-bond acceptors (Lipinski definition) is 6. The van der Waals surface area contributed by atoms with E-state index in [2.05, 4.69) is 4.98 Å². The first kappa shape index (κ1) is 17.8. The van der Waals surface area contributed by atoms with Crippen molar-refractivity contribution in [1.82, 2.24) is 9.88 Å². The predicted octanol–water partition coefficient (Wildman–Crippen LogP) is 1.28. The largest absolute Gasteiger partial charge is 0.481 e. The molecule has 9 nitrogen and oxygen atoms in total. The summed E-state index contributed by atoms with van der Waals surface area (Å²) in [5, 5.41) is 8.66. The van der Waals surface area contributed by atoms with Crippen LogP contribution in [0, 0.1) is 0 Å². The van der Waals surface area contributed by atoms with E-state index in [4.69, 9.17) is 14.3 Å². The number of carboxylic acids is 1. The number of amides is 2. The molecule has 0 unspecified atom stereocenters. The van der Waals surface area contributed by atoms with Gasteiger partial charge in [0.15, 0.2) is 0 Å². The van der Waals surface area contributed by atoms with Gasteiger partial charge in [0.25, 0.3) is 0 Å². The molecule has 132 valence electrons. The summed E-state index contributed by atoms with van der Waals surface area (Å²) in [4.78, 5) is 41.6. The van der Waals surface area contributed by atoms with Crippen molar-refractivity contribution >= 4 is 24.0 Å². The van der Waals surface area contributed by atoms with E-state index in [1.165, 1.54) is 16.1 Å². The molecule has 2 rings (SSSR count). The Kier molecular flexibility index (Phi) is 5.10. The summed E-state index contributed by atoms with van der Waals surface area (Å²) >= 11 is 0. The van der Waals surface area contributed by atoms with Gasteiger partial charge in [-0.15, -0.1) is 0 Å². The number of oxazole rings is 1. The van der Waals surface area contributed by atoms with Crippen LogP contribution in [0.5, 0.6) is 0 Å². The predicted molar refractivity (Wildman–Crippen MR) is 82.6 cm³/mol. The van der Waals surface area contributed by atoms with Gasteiger partial charge in [0.1, 0.15) is 18.4 Å². The van der Waals surface area contributed by atoms with E-state index in [1.807, 2.05) is 0 Å². The molecule has 1 saturated heterocycles. The lowest BCUT2D eigenvalue weighted by molar-refractivity contribution is -0.137. The molecule has 0 bridgehead atoms. The fourth-order valence-corrected chi connectivity index (χ4v) is 2.13. The normalized spacial score (nSPS) is 15.5. The second-order valence-corrected chi connectivity index (χ2v) is 6.46. The molecule has 0 atom stereocenters. The topological polar surface area (TPSA) is 113 Å². The number of aliphatic carboxylic acids is 1. The molecule has 2 amide bonds. The maximum atomic E-state index is 12.2. The van der Waals surface area contributed by atoms with Crippen molar-refractivity contribution in [3.63, 3.8) is 0 Å². The zero-order chi connectivity index (χ0) is 17.9. The monoisotopic (exact) mass is 339 g/mol. The van der Waals surface area contributed by atoms with Crippen LogP contribution < -0.4 is 4.90 Å². The number of aryl methyl sites for hydroxylation is 1. The van der Waals surface area contributed by atoms with E-state index in [0.717, 1.165) is 0 Å². The summed E-state index contributed by atoms with van der Waals surface area (Å²) in [5.41, 5.74) is -0.159. The van der Waals surface area contributed by atoms with Crippen LogP contribution in [0.3, 0.4) is 0 Å². The van der Waals surface area contributed by atoms with Crippen LogP contribution in [0.1, 0.15) is 32.9 Å². The summed E-state index contributed by atoms with van der Waals surface area (Å²) in [6.07, 6.45) is 0.966. The lowest BCUT2D eigenvalue weighted by Gasteiger charge is -2.33. The Bertz CT molecular complexity index is 633. The Morgan fingerprint density at radius 1 is 1.38 bits per heavy atom. The minimum Gasteiger partial charge on any atom is -0.481 e. The van der Waals surface area contributed by atoms with Crippen LogP contribution in [0.15, 0.2) is 10.7 Å². The summed E-state index contributed by atoms with van der Waals surface area (Å²) in [6.45, 7) is 5.68. The molecular formula is C15H21N3O6. The highest BCUT2D eigenvalue weighted by Crippen LogP contribution is 2.19. The fourth-order valence-electron chi connectivity index (χ4n) is 2.13. The van der Waals surface area contributed by atoms with Gasteiger partial charge < -0.3 is 14.3 Å². The number of carbonyl (C=O) groups is 3. The summed E-state index contributed by atoms with van der Waals surface area (Å²) in [5.74, 6) is -1.26. The first-order chi connectivity index (χ1) is 11.2. The molecule has 9 heteroatoms. The van der Waals surface area contributed by atoms with Crippen molar-refractivity contribution in [2.24, 2.45) is 0 Å². The number of hydrogen-bond donors (Lipinski definition) is 1. The van der Waals surface area contributed by atoms with Crippen LogP contribution in [0.25, 0.3) is 0 Å². The molecule has 0 radical (unpaired) electrons. The third kappa shape index (κ3) is 4.71. The number of carbonyl (C=O) groups excluding carboxylic acids is 2. The van der Waals surface area contributed by atoms with Gasteiger partial charge in [-0.2, -0.15) is 4.98 Å². The Morgan fingerprint density at radius 2 is 2.08 bits per heavy atom. The van der Waals surface area contributed by atoms with Crippen molar-refractivity contribution in [1.29, 1.82) is 0 Å². The highest BCUT2D eigenvalue weighted by atomic mass is 16.6. The Labute approximate surface area is 139 Å². The zero-order valence-corrected chi connectivity index (χ0v) is 13.9. The van der Waals surface area contributed by atoms with E-state index < -0.39 is 17.7 Å². The summed E-state index contributed by atoms with van der Waals surface area (Å²) < 4.78 is 10.5. The molecule has 1 aromatic rings. The van der Waals surface area contributed by atoms with Crippen molar-refractivity contribution in [3.05, 3.63) is 12.0 Å². The Hall–Kier alpha value is -2.58. The first-order valence-electron chi connectivity index (χ1n) is 7.60. The average Bonchev–Trinajstić information content (AvgIpc) is 2.91. The van der Waals surface area contributed by atoms with E-state index in [0.29, 0.717) is 12.2 Å². The fraction of sp³-hybridized carbons (Fsp3) is 0.600. The van der Waals surface area contributed by atoms with Crippen molar-refractivity contribution in [3.8, 4) is 0 Å². The number of ether oxygens (including phenoxy) is 1. The van der Waals surface area contributed by atoms with Crippen molar-refractivity contribution < 1.29 is 28.6 Å². The van der Waals surface area contributed by atoms with Gasteiger partial charge in [0.05, 0.1) is 12.1 Å². The molecule has 0 aliphatic carbocycles. The smallest absolute Gasteiger partial charge is 0.410 e. The average molecular weight is 339 g/mol. The molecule has 1 N–H and O–H groups in total. The van der Waals surface area contributed by atoms with Gasteiger partial charge in [-0.1, -0.05) is 0 Å². The number of piperazine rings is 1.